The highest BCUT2D eigenvalue weighted by Crippen LogP contribution is 2.28. The standard InChI is InChI=1S/C15H14BrF2N/c1-11-9-13(7-8-14(11)16)19-10-15(17,18)12-5-3-2-4-6-12/h2-9,19H,10H2,1H3. The van der Waals surface area contributed by atoms with Crippen molar-refractivity contribution in [2.24, 2.45) is 0 Å². The van der Waals surface area contributed by atoms with Crippen LogP contribution >= 0.6 is 15.9 Å². The highest BCUT2D eigenvalue weighted by atomic mass is 79.9. The summed E-state index contributed by atoms with van der Waals surface area (Å²) in [6.45, 7) is 1.50. The number of benzene rings is 2. The summed E-state index contributed by atoms with van der Waals surface area (Å²) in [6.07, 6.45) is 0. The molecule has 0 aliphatic carbocycles. The minimum absolute atomic E-state index is 0.0244. The number of halogens is 3. The lowest BCUT2D eigenvalue weighted by Crippen LogP contribution is -2.24. The van der Waals surface area contributed by atoms with Crippen LogP contribution in [0.5, 0.6) is 0 Å². The third kappa shape index (κ3) is 3.53. The van der Waals surface area contributed by atoms with Crippen LogP contribution in [0.15, 0.2) is 53.0 Å². The summed E-state index contributed by atoms with van der Waals surface area (Å²) >= 11 is 3.38. The van der Waals surface area contributed by atoms with Gasteiger partial charge in [-0.15, -0.1) is 0 Å². The highest BCUT2D eigenvalue weighted by Gasteiger charge is 2.30. The summed E-state index contributed by atoms with van der Waals surface area (Å²) in [4.78, 5) is 0. The molecule has 4 heteroatoms. The van der Waals surface area contributed by atoms with Crippen LogP contribution in [0.1, 0.15) is 11.1 Å². The Morgan fingerprint density at radius 3 is 2.42 bits per heavy atom. The first-order valence-corrected chi connectivity index (χ1v) is 6.72. The molecule has 2 aromatic carbocycles. The summed E-state index contributed by atoms with van der Waals surface area (Å²) in [5.74, 6) is -2.89. The molecule has 1 N–H and O–H groups in total. The Labute approximate surface area is 119 Å². The van der Waals surface area contributed by atoms with Crippen molar-refractivity contribution in [2.75, 3.05) is 11.9 Å². The third-order valence-corrected chi connectivity index (χ3v) is 3.76. The van der Waals surface area contributed by atoms with Crippen molar-refractivity contribution in [3.63, 3.8) is 0 Å². The number of hydrogen-bond acceptors (Lipinski definition) is 1. The molecule has 0 aromatic heterocycles. The van der Waals surface area contributed by atoms with Gasteiger partial charge in [-0.3, -0.25) is 0 Å². The minimum atomic E-state index is -2.89. The van der Waals surface area contributed by atoms with E-state index in [1.807, 2.05) is 19.1 Å². The fraction of sp³-hybridized carbons (Fsp3) is 0.200. The molecular formula is C15H14BrF2N. The summed E-state index contributed by atoms with van der Waals surface area (Å²) < 4.78 is 28.9. The summed E-state index contributed by atoms with van der Waals surface area (Å²) in [7, 11) is 0. The van der Waals surface area contributed by atoms with E-state index < -0.39 is 12.5 Å². The molecule has 0 unspecified atom stereocenters. The Kier molecular flexibility index (Phi) is 4.20. The van der Waals surface area contributed by atoms with E-state index in [1.54, 1.807) is 24.3 Å². The minimum Gasteiger partial charge on any atom is -0.379 e. The van der Waals surface area contributed by atoms with Crippen LogP contribution in [0.3, 0.4) is 0 Å². The monoisotopic (exact) mass is 325 g/mol. The smallest absolute Gasteiger partial charge is 0.290 e. The number of rotatable bonds is 4. The van der Waals surface area contributed by atoms with Gasteiger partial charge in [0.2, 0.25) is 0 Å². The second kappa shape index (κ2) is 5.70. The molecule has 0 atom stereocenters. The van der Waals surface area contributed by atoms with E-state index in [0.717, 1.165) is 10.0 Å². The van der Waals surface area contributed by atoms with Crippen LogP contribution in [0, 0.1) is 6.92 Å². The number of aryl methyl sites for hydroxylation is 1. The predicted octanol–water partition coefficient (Wildman–Crippen LogP) is 4.96. The molecule has 0 fully saturated rings. The van der Waals surface area contributed by atoms with Gasteiger partial charge in [-0.1, -0.05) is 46.3 Å². The number of anilines is 1. The normalized spacial score (nSPS) is 11.4. The molecular weight excluding hydrogens is 312 g/mol. The molecule has 19 heavy (non-hydrogen) atoms. The van der Waals surface area contributed by atoms with Gasteiger partial charge in [0, 0.05) is 15.7 Å². The Hall–Kier alpha value is -1.42. The van der Waals surface area contributed by atoms with Gasteiger partial charge in [0.25, 0.3) is 5.92 Å². The number of nitrogens with one attached hydrogen (secondary N) is 1. The van der Waals surface area contributed by atoms with Gasteiger partial charge in [0.1, 0.15) is 0 Å². The van der Waals surface area contributed by atoms with Crippen molar-refractivity contribution in [3.8, 4) is 0 Å². The second-order valence-corrected chi connectivity index (χ2v) is 5.24. The van der Waals surface area contributed by atoms with E-state index in [1.165, 1.54) is 12.1 Å². The van der Waals surface area contributed by atoms with Crippen LogP contribution in [-0.2, 0) is 5.92 Å². The molecule has 0 saturated carbocycles. The molecule has 1 nitrogen and oxygen atoms in total. The molecule has 0 aliphatic heterocycles. The maximum Gasteiger partial charge on any atom is 0.290 e. The predicted molar refractivity (Wildman–Crippen MR) is 77.7 cm³/mol. The highest BCUT2D eigenvalue weighted by molar-refractivity contribution is 9.10. The van der Waals surface area contributed by atoms with Crippen molar-refractivity contribution < 1.29 is 8.78 Å². The topological polar surface area (TPSA) is 12.0 Å². The van der Waals surface area contributed by atoms with Crippen molar-refractivity contribution in [1.29, 1.82) is 0 Å². The summed E-state index contributed by atoms with van der Waals surface area (Å²) in [5.41, 5.74) is 1.72. The Morgan fingerprint density at radius 1 is 1.11 bits per heavy atom. The number of alkyl halides is 2. The largest absolute Gasteiger partial charge is 0.379 e. The van der Waals surface area contributed by atoms with E-state index in [2.05, 4.69) is 21.2 Å². The van der Waals surface area contributed by atoms with Gasteiger partial charge in [-0.2, -0.15) is 8.78 Å². The molecule has 0 bridgehead atoms. The first kappa shape index (κ1) is 14.0. The SMILES string of the molecule is Cc1cc(NCC(F)(F)c2ccccc2)ccc1Br. The van der Waals surface area contributed by atoms with Crippen LogP contribution in [0.25, 0.3) is 0 Å². The Morgan fingerprint density at radius 2 is 1.79 bits per heavy atom. The fourth-order valence-corrected chi connectivity index (χ4v) is 2.00. The van der Waals surface area contributed by atoms with Gasteiger partial charge in [-0.25, -0.2) is 0 Å². The maximum atomic E-state index is 13.9. The van der Waals surface area contributed by atoms with E-state index in [9.17, 15) is 8.78 Å². The quantitative estimate of drug-likeness (QED) is 0.837. The zero-order valence-corrected chi connectivity index (χ0v) is 12.0. The Balaban J connectivity index is 2.07. The van der Waals surface area contributed by atoms with Crippen LogP contribution < -0.4 is 5.32 Å². The van der Waals surface area contributed by atoms with Gasteiger partial charge < -0.3 is 5.32 Å². The lowest BCUT2D eigenvalue weighted by atomic mass is 10.1. The van der Waals surface area contributed by atoms with Gasteiger partial charge >= 0.3 is 0 Å². The molecule has 100 valence electrons. The first-order chi connectivity index (χ1) is 8.99. The lowest BCUT2D eigenvalue weighted by Gasteiger charge is -2.18. The van der Waals surface area contributed by atoms with E-state index in [0.29, 0.717) is 5.69 Å². The molecule has 0 radical (unpaired) electrons. The molecule has 0 spiro atoms. The van der Waals surface area contributed by atoms with Gasteiger partial charge in [0.05, 0.1) is 6.54 Å². The van der Waals surface area contributed by atoms with E-state index in [-0.39, 0.29) is 5.56 Å². The number of hydrogen-bond donors (Lipinski definition) is 1. The van der Waals surface area contributed by atoms with Crippen molar-refractivity contribution in [3.05, 3.63) is 64.1 Å². The Bertz CT molecular complexity index is 555. The van der Waals surface area contributed by atoms with Crippen molar-refractivity contribution in [1.82, 2.24) is 0 Å². The summed E-state index contributed by atoms with van der Waals surface area (Å²) in [6, 6.07) is 13.3. The molecule has 0 amide bonds. The van der Waals surface area contributed by atoms with Gasteiger partial charge in [-0.05, 0) is 30.7 Å². The van der Waals surface area contributed by atoms with Crippen LogP contribution in [-0.4, -0.2) is 6.54 Å². The van der Waals surface area contributed by atoms with E-state index in [4.69, 9.17) is 0 Å². The maximum absolute atomic E-state index is 13.9. The van der Waals surface area contributed by atoms with E-state index >= 15 is 0 Å². The summed E-state index contributed by atoms with van der Waals surface area (Å²) in [5, 5.41) is 2.78. The second-order valence-electron chi connectivity index (χ2n) is 4.39. The average Bonchev–Trinajstić information content (AvgIpc) is 2.41. The fourth-order valence-electron chi connectivity index (χ4n) is 1.75. The average molecular weight is 326 g/mol. The van der Waals surface area contributed by atoms with Gasteiger partial charge in [0.15, 0.2) is 0 Å². The van der Waals surface area contributed by atoms with Crippen LogP contribution in [0.2, 0.25) is 0 Å². The molecule has 2 aromatic rings. The first-order valence-electron chi connectivity index (χ1n) is 5.92. The third-order valence-electron chi connectivity index (χ3n) is 2.87. The zero-order chi connectivity index (χ0) is 13.9. The van der Waals surface area contributed by atoms with Crippen molar-refractivity contribution >= 4 is 21.6 Å². The van der Waals surface area contributed by atoms with Crippen LogP contribution in [0.4, 0.5) is 14.5 Å². The molecule has 0 aliphatic rings. The molecule has 2 rings (SSSR count). The molecule has 0 heterocycles. The zero-order valence-electron chi connectivity index (χ0n) is 10.5. The lowest BCUT2D eigenvalue weighted by molar-refractivity contribution is 0.0106. The van der Waals surface area contributed by atoms with Crippen molar-refractivity contribution in [2.45, 2.75) is 12.8 Å². The molecule has 0 saturated heterocycles.